The summed E-state index contributed by atoms with van der Waals surface area (Å²) < 4.78 is 0. The maximum absolute atomic E-state index is 3.64. The Kier molecular flexibility index (Phi) is 6.43. The van der Waals surface area contributed by atoms with Crippen LogP contribution in [0.4, 0.5) is 0 Å². The average molecular weight is 302 g/mol. The van der Waals surface area contributed by atoms with Gasteiger partial charge in [-0.3, -0.25) is 0 Å². The third kappa shape index (κ3) is 4.95. The second-order valence-electron chi connectivity index (χ2n) is 5.75. The molecule has 2 nitrogen and oxygen atoms in total. The van der Waals surface area contributed by atoms with Crippen LogP contribution in [-0.4, -0.2) is 25.0 Å². The van der Waals surface area contributed by atoms with Crippen LogP contribution in [0.25, 0.3) is 0 Å². The van der Waals surface area contributed by atoms with Crippen LogP contribution in [0.5, 0.6) is 0 Å². The summed E-state index contributed by atoms with van der Waals surface area (Å²) in [5.74, 6) is 0.566. The topological polar surface area (TPSA) is 15.3 Å². The fourth-order valence-electron chi connectivity index (χ4n) is 2.88. The number of rotatable bonds is 8. The van der Waals surface area contributed by atoms with Crippen LogP contribution in [0.15, 0.2) is 47.2 Å². The maximum atomic E-state index is 3.64. The molecule has 0 aliphatic rings. The number of hydrogen-bond donors (Lipinski definition) is 1. The van der Waals surface area contributed by atoms with Gasteiger partial charge in [-0.25, -0.2) is 0 Å². The first-order valence-electron chi connectivity index (χ1n) is 7.68. The second kappa shape index (κ2) is 8.32. The van der Waals surface area contributed by atoms with E-state index in [0.29, 0.717) is 12.0 Å². The van der Waals surface area contributed by atoms with Crippen molar-refractivity contribution in [3.8, 4) is 0 Å². The van der Waals surface area contributed by atoms with Gasteiger partial charge in [-0.2, -0.15) is 11.3 Å². The van der Waals surface area contributed by atoms with Crippen molar-refractivity contribution in [2.45, 2.75) is 26.4 Å². The van der Waals surface area contributed by atoms with Gasteiger partial charge in [0.25, 0.3) is 0 Å². The molecular formula is C18H26N2S. The molecule has 0 aliphatic carbocycles. The molecule has 0 saturated carbocycles. The summed E-state index contributed by atoms with van der Waals surface area (Å²) in [6, 6.07) is 13.4. The summed E-state index contributed by atoms with van der Waals surface area (Å²) in [5.41, 5.74) is 2.80. The minimum atomic E-state index is 0.418. The molecule has 0 spiro atoms. The molecule has 1 aromatic carbocycles. The number of nitrogens with zero attached hydrogens (tertiary/aromatic N) is 1. The Bertz CT molecular complexity index is 495. The van der Waals surface area contributed by atoms with Crippen LogP contribution in [0.3, 0.4) is 0 Å². The van der Waals surface area contributed by atoms with Gasteiger partial charge in [0.05, 0.1) is 0 Å². The lowest BCUT2D eigenvalue weighted by atomic mass is 9.94. The molecule has 0 amide bonds. The van der Waals surface area contributed by atoms with Crippen molar-refractivity contribution < 1.29 is 0 Å². The van der Waals surface area contributed by atoms with E-state index < -0.39 is 0 Å². The summed E-state index contributed by atoms with van der Waals surface area (Å²) >= 11 is 1.77. The predicted octanol–water partition coefficient (Wildman–Crippen LogP) is 4.17. The highest BCUT2D eigenvalue weighted by Crippen LogP contribution is 2.23. The molecule has 0 fully saturated rings. The van der Waals surface area contributed by atoms with E-state index in [-0.39, 0.29) is 0 Å². The zero-order valence-electron chi connectivity index (χ0n) is 13.3. The van der Waals surface area contributed by atoms with Gasteiger partial charge in [-0.05, 0) is 47.5 Å². The largest absolute Gasteiger partial charge is 0.310 e. The van der Waals surface area contributed by atoms with Gasteiger partial charge in [0.1, 0.15) is 0 Å². The SMILES string of the molecule is CCNC(c1ccccc1)C(C)CN(C)Cc1ccsc1. The maximum Gasteiger partial charge on any atom is 0.0358 e. The van der Waals surface area contributed by atoms with Crippen LogP contribution in [0, 0.1) is 5.92 Å². The molecule has 1 aromatic heterocycles. The zero-order chi connectivity index (χ0) is 15.1. The Balaban J connectivity index is 1.96. The van der Waals surface area contributed by atoms with Crippen molar-refractivity contribution >= 4 is 11.3 Å². The number of hydrogen-bond acceptors (Lipinski definition) is 3. The van der Waals surface area contributed by atoms with Crippen LogP contribution in [0.1, 0.15) is 31.0 Å². The first kappa shape index (κ1) is 16.2. The summed E-state index contributed by atoms with van der Waals surface area (Å²) in [6.45, 7) is 7.63. The molecule has 0 saturated heterocycles. The van der Waals surface area contributed by atoms with Gasteiger partial charge in [-0.1, -0.05) is 44.2 Å². The lowest BCUT2D eigenvalue weighted by molar-refractivity contribution is 0.242. The standard InChI is InChI=1S/C18H26N2S/c1-4-19-18(17-8-6-5-7-9-17)15(2)12-20(3)13-16-10-11-21-14-16/h5-11,14-15,18-19H,4,12-13H2,1-3H3. The molecule has 2 atom stereocenters. The van der Waals surface area contributed by atoms with Gasteiger partial charge >= 0.3 is 0 Å². The predicted molar refractivity (Wildman–Crippen MR) is 92.7 cm³/mol. The number of thiophene rings is 1. The van der Waals surface area contributed by atoms with Crippen molar-refractivity contribution in [1.29, 1.82) is 0 Å². The molecule has 0 bridgehead atoms. The fraction of sp³-hybridized carbons (Fsp3) is 0.444. The van der Waals surface area contributed by atoms with Gasteiger partial charge in [-0.15, -0.1) is 0 Å². The molecule has 1 heterocycles. The average Bonchev–Trinajstić information content (AvgIpc) is 2.98. The van der Waals surface area contributed by atoms with E-state index in [0.717, 1.165) is 19.6 Å². The third-order valence-electron chi connectivity index (χ3n) is 3.78. The van der Waals surface area contributed by atoms with Crippen LogP contribution in [0.2, 0.25) is 0 Å². The number of nitrogens with one attached hydrogen (secondary N) is 1. The molecule has 0 aliphatic heterocycles. The smallest absolute Gasteiger partial charge is 0.0358 e. The molecule has 1 N–H and O–H groups in total. The van der Waals surface area contributed by atoms with E-state index in [2.05, 4.69) is 78.3 Å². The molecule has 114 valence electrons. The quantitative estimate of drug-likeness (QED) is 0.787. The Labute approximate surface area is 132 Å². The molecule has 2 unspecified atom stereocenters. The van der Waals surface area contributed by atoms with Crippen molar-refractivity contribution in [3.05, 3.63) is 58.3 Å². The second-order valence-corrected chi connectivity index (χ2v) is 6.53. The van der Waals surface area contributed by atoms with Crippen molar-refractivity contribution in [3.63, 3.8) is 0 Å². The molecule has 0 radical (unpaired) electrons. The van der Waals surface area contributed by atoms with Crippen LogP contribution >= 0.6 is 11.3 Å². The van der Waals surface area contributed by atoms with Gasteiger partial charge in [0, 0.05) is 19.1 Å². The summed E-state index contributed by atoms with van der Waals surface area (Å²) in [4.78, 5) is 2.42. The van der Waals surface area contributed by atoms with E-state index in [1.54, 1.807) is 11.3 Å². The summed E-state index contributed by atoms with van der Waals surface area (Å²) in [5, 5.41) is 8.03. The van der Waals surface area contributed by atoms with E-state index in [9.17, 15) is 0 Å². The minimum Gasteiger partial charge on any atom is -0.310 e. The van der Waals surface area contributed by atoms with Crippen molar-refractivity contribution in [2.75, 3.05) is 20.1 Å². The van der Waals surface area contributed by atoms with E-state index in [1.165, 1.54) is 11.1 Å². The van der Waals surface area contributed by atoms with Gasteiger partial charge in [0.15, 0.2) is 0 Å². The van der Waals surface area contributed by atoms with E-state index >= 15 is 0 Å². The summed E-state index contributed by atoms with van der Waals surface area (Å²) in [6.07, 6.45) is 0. The zero-order valence-corrected chi connectivity index (χ0v) is 14.1. The van der Waals surface area contributed by atoms with Gasteiger partial charge in [0.2, 0.25) is 0 Å². The van der Waals surface area contributed by atoms with E-state index in [1.807, 2.05) is 0 Å². The van der Waals surface area contributed by atoms with Gasteiger partial charge < -0.3 is 10.2 Å². The van der Waals surface area contributed by atoms with Crippen LogP contribution in [-0.2, 0) is 6.54 Å². The summed E-state index contributed by atoms with van der Waals surface area (Å²) in [7, 11) is 2.21. The highest BCUT2D eigenvalue weighted by molar-refractivity contribution is 7.07. The Hall–Kier alpha value is -1.16. The molecule has 3 heteroatoms. The van der Waals surface area contributed by atoms with Crippen molar-refractivity contribution in [2.24, 2.45) is 5.92 Å². The first-order valence-corrected chi connectivity index (χ1v) is 8.63. The van der Waals surface area contributed by atoms with E-state index in [4.69, 9.17) is 0 Å². The third-order valence-corrected chi connectivity index (χ3v) is 4.52. The normalized spacial score (nSPS) is 14.3. The molecule has 2 rings (SSSR count). The first-order chi connectivity index (χ1) is 10.2. The lowest BCUT2D eigenvalue weighted by Crippen LogP contribution is -2.34. The Morgan fingerprint density at radius 3 is 2.57 bits per heavy atom. The van der Waals surface area contributed by atoms with Crippen molar-refractivity contribution in [1.82, 2.24) is 10.2 Å². The monoisotopic (exact) mass is 302 g/mol. The molecule has 2 aromatic rings. The Morgan fingerprint density at radius 2 is 1.95 bits per heavy atom. The highest BCUT2D eigenvalue weighted by Gasteiger charge is 2.19. The lowest BCUT2D eigenvalue weighted by Gasteiger charge is -2.29. The van der Waals surface area contributed by atoms with Crippen LogP contribution < -0.4 is 5.32 Å². The fourth-order valence-corrected chi connectivity index (χ4v) is 3.54. The molecule has 21 heavy (non-hydrogen) atoms. The minimum absolute atomic E-state index is 0.418. The highest BCUT2D eigenvalue weighted by atomic mass is 32.1. The molecular weight excluding hydrogens is 276 g/mol. The Morgan fingerprint density at radius 1 is 1.19 bits per heavy atom. The number of benzene rings is 1.